The Morgan fingerprint density at radius 3 is 2.90 bits per heavy atom. The van der Waals surface area contributed by atoms with Crippen LogP contribution in [0.25, 0.3) is 10.8 Å². The maximum atomic E-state index is 6.01. The Morgan fingerprint density at radius 1 is 1.19 bits per heavy atom. The number of benzene rings is 1. The molecule has 2 aromatic heterocycles. The molecular weight excluding hydrogens is 328 g/mol. The molecule has 2 heterocycles. The second-order valence-corrected chi connectivity index (χ2v) is 6.38. The minimum absolute atomic E-state index is 0.519. The molecule has 108 valence electrons. The zero-order valence-corrected chi connectivity index (χ0v) is 13.2. The van der Waals surface area contributed by atoms with Gasteiger partial charge in [0.05, 0.1) is 16.5 Å². The molecule has 3 rings (SSSR count). The van der Waals surface area contributed by atoms with Crippen LogP contribution in [-0.4, -0.2) is 22.6 Å². The Labute approximate surface area is 135 Å². The third-order valence-corrected chi connectivity index (χ3v) is 4.49. The van der Waals surface area contributed by atoms with E-state index in [0.29, 0.717) is 34.2 Å². The number of thiophene rings is 1. The van der Waals surface area contributed by atoms with Crippen molar-refractivity contribution >= 4 is 34.7 Å². The highest BCUT2D eigenvalue weighted by atomic mass is 35.5. The van der Waals surface area contributed by atoms with Gasteiger partial charge in [0.2, 0.25) is 0 Å². The summed E-state index contributed by atoms with van der Waals surface area (Å²) in [5.41, 5.74) is 0. The first-order valence-electron chi connectivity index (χ1n) is 6.20. The summed E-state index contributed by atoms with van der Waals surface area (Å²) >= 11 is 9.04. The summed E-state index contributed by atoms with van der Waals surface area (Å²) < 4.78 is 11.2. The average Bonchev–Trinajstić information content (AvgIpc) is 3.16. The summed E-state index contributed by atoms with van der Waals surface area (Å²) in [6.07, 6.45) is 0. The van der Waals surface area contributed by atoms with E-state index in [4.69, 9.17) is 20.8 Å². The van der Waals surface area contributed by atoms with Crippen LogP contribution in [0.4, 0.5) is 0 Å². The van der Waals surface area contributed by atoms with E-state index in [9.17, 15) is 0 Å². The molecule has 0 atom stereocenters. The summed E-state index contributed by atoms with van der Waals surface area (Å²) in [5, 5.41) is 11.2. The third-order valence-electron chi connectivity index (χ3n) is 2.54. The molecule has 0 spiro atoms. The molecule has 0 fully saturated rings. The summed E-state index contributed by atoms with van der Waals surface area (Å²) in [4.78, 5) is 0.974. The van der Waals surface area contributed by atoms with Crippen molar-refractivity contribution in [3.63, 3.8) is 0 Å². The lowest BCUT2D eigenvalue weighted by Crippen LogP contribution is -2.00. The van der Waals surface area contributed by atoms with Gasteiger partial charge in [-0.15, -0.1) is 21.5 Å². The second-order valence-electron chi connectivity index (χ2n) is 3.98. The first-order valence-corrected chi connectivity index (χ1v) is 8.45. The van der Waals surface area contributed by atoms with Crippen molar-refractivity contribution in [2.45, 2.75) is 5.22 Å². The number of ether oxygens (including phenoxy) is 1. The van der Waals surface area contributed by atoms with Crippen LogP contribution in [0.15, 0.2) is 51.4 Å². The lowest BCUT2D eigenvalue weighted by Gasteiger charge is -2.05. The molecule has 0 radical (unpaired) electrons. The maximum Gasteiger partial charge on any atom is 0.277 e. The van der Waals surface area contributed by atoms with Gasteiger partial charge in [0.1, 0.15) is 5.75 Å². The summed E-state index contributed by atoms with van der Waals surface area (Å²) in [5.74, 6) is 1.95. The Bertz CT molecular complexity index is 701. The lowest BCUT2D eigenvalue weighted by molar-refractivity contribution is 0.343. The van der Waals surface area contributed by atoms with E-state index in [1.54, 1.807) is 17.4 Å². The van der Waals surface area contributed by atoms with Gasteiger partial charge < -0.3 is 9.15 Å². The van der Waals surface area contributed by atoms with Crippen molar-refractivity contribution in [2.75, 3.05) is 12.4 Å². The lowest BCUT2D eigenvalue weighted by atomic mass is 10.3. The maximum absolute atomic E-state index is 6.01. The average molecular weight is 339 g/mol. The summed E-state index contributed by atoms with van der Waals surface area (Å²) in [7, 11) is 0. The van der Waals surface area contributed by atoms with Gasteiger partial charge in [0, 0.05) is 5.75 Å². The predicted molar refractivity (Wildman–Crippen MR) is 85.3 cm³/mol. The van der Waals surface area contributed by atoms with Crippen LogP contribution < -0.4 is 4.74 Å². The Morgan fingerprint density at radius 2 is 2.10 bits per heavy atom. The Hall–Kier alpha value is -1.50. The zero-order chi connectivity index (χ0) is 14.5. The second kappa shape index (κ2) is 6.98. The van der Waals surface area contributed by atoms with Gasteiger partial charge in [-0.05, 0) is 23.6 Å². The Kier molecular flexibility index (Phi) is 4.80. The van der Waals surface area contributed by atoms with E-state index in [-0.39, 0.29) is 0 Å². The highest BCUT2D eigenvalue weighted by Gasteiger charge is 2.09. The van der Waals surface area contributed by atoms with E-state index < -0.39 is 0 Å². The summed E-state index contributed by atoms with van der Waals surface area (Å²) in [6, 6.07) is 11.3. The highest BCUT2D eigenvalue weighted by Crippen LogP contribution is 2.27. The number of aromatic nitrogens is 2. The van der Waals surface area contributed by atoms with E-state index in [1.165, 1.54) is 11.8 Å². The molecule has 0 unspecified atom stereocenters. The Balaban J connectivity index is 1.49. The van der Waals surface area contributed by atoms with Crippen molar-refractivity contribution < 1.29 is 9.15 Å². The molecule has 1 aromatic carbocycles. The number of hydrogen-bond acceptors (Lipinski definition) is 6. The minimum Gasteiger partial charge on any atom is -0.491 e. The van der Waals surface area contributed by atoms with Gasteiger partial charge in [0.25, 0.3) is 11.1 Å². The molecular formula is C14H11ClN2O2S2. The monoisotopic (exact) mass is 338 g/mol. The molecule has 4 nitrogen and oxygen atoms in total. The molecule has 3 aromatic rings. The molecule has 7 heteroatoms. The number of halogens is 1. The first kappa shape index (κ1) is 14.4. The van der Waals surface area contributed by atoms with Crippen LogP contribution in [0.5, 0.6) is 5.75 Å². The molecule has 0 N–H and O–H groups in total. The van der Waals surface area contributed by atoms with Crippen molar-refractivity contribution in [1.29, 1.82) is 0 Å². The topological polar surface area (TPSA) is 48.2 Å². The van der Waals surface area contributed by atoms with E-state index in [2.05, 4.69) is 10.2 Å². The fourth-order valence-corrected chi connectivity index (χ4v) is 3.02. The third kappa shape index (κ3) is 3.78. The van der Waals surface area contributed by atoms with E-state index >= 15 is 0 Å². The molecule has 0 saturated carbocycles. The van der Waals surface area contributed by atoms with Crippen molar-refractivity contribution in [3.8, 4) is 16.5 Å². The molecule has 0 aliphatic rings. The van der Waals surface area contributed by atoms with Gasteiger partial charge in [-0.1, -0.05) is 41.6 Å². The minimum atomic E-state index is 0.519. The number of nitrogens with zero attached hydrogens (tertiary/aromatic N) is 2. The molecule has 21 heavy (non-hydrogen) atoms. The van der Waals surface area contributed by atoms with E-state index in [0.717, 1.165) is 4.88 Å². The molecule has 0 aliphatic heterocycles. The zero-order valence-electron chi connectivity index (χ0n) is 10.9. The van der Waals surface area contributed by atoms with Crippen molar-refractivity contribution in [3.05, 3.63) is 46.8 Å². The first-order chi connectivity index (χ1) is 10.3. The quantitative estimate of drug-likeness (QED) is 0.484. The van der Waals surface area contributed by atoms with Gasteiger partial charge >= 0.3 is 0 Å². The van der Waals surface area contributed by atoms with Crippen LogP contribution in [0.2, 0.25) is 5.02 Å². The molecule has 0 bridgehead atoms. The van der Waals surface area contributed by atoms with Gasteiger partial charge in [0.15, 0.2) is 0 Å². The van der Waals surface area contributed by atoms with Gasteiger partial charge in [-0.25, -0.2) is 0 Å². The van der Waals surface area contributed by atoms with Crippen molar-refractivity contribution in [2.24, 2.45) is 0 Å². The number of hydrogen-bond donors (Lipinski definition) is 0. The van der Waals surface area contributed by atoms with Crippen LogP contribution in [0, 0.1) is 0 Å². The van der Waals surface area contributed by atoms with Crippen molar-refractivity contribution in [1.82, 2.24) is 10.2 Å². The SMILES string of the molecule is Clc1ccccc1OCCSc1nnc(-c2cccs2)o1. The fraction of sp³-hybridized carbons (Fsp3) is 0.143. The standard InChI is InChI=1S/C14H11ClN2O2S2/c15-10-4-1-2-5-11(10)18-7-9-21-14-17-16-13(19-14)12-6-3-8-20-12/h1-6,8H,7,9H2. The number of rotatable bonds is 6. The van der Waals surface area contributed by atoms with E-state index in [1.807, 2.05) is 35.7 Å². The van der Waals surface area contributed by atoms with Gasteiger partial charge in [-0.3, -0.25) is 0 Å². The molecule has 0 amide bonds. The van der Waals surface area contributed by atoms with Crippen LogP contribution >= 0.6 is 34.7 Å². The highest BCUT2D eigenvalue weighted by molar-refractivity contribution is 7.99. The summed E-state index contributed by atoms with van der Waals surface area (Å²) in [6.45, 7) is 0.519. The number of thioether (sulfide) groups is 1. The van der Waals surface area contributed by atoms with Gasteiger partial charge in [-0.2, -0.15) is 0 Å². The fourth-order valence-electron chi connectivity index (χ4n) is 1.61. The predicted octanol–water partition coefficient (Wildman–Crippen LogP) is 4.62. The number of para-hydroxylation sites is 1. The van der Waals surface area contributed by atoms with Crippen LogP contribution in [-0.2, 0) is 0 Å². The molecule has 0 aliphatic carbocycles. The van der Waals surface area contributed by atoms with Crippen LogP contribution in [0.3, 0.4) is 0 Å². The van der Waals surface area contributed by atoms with Crippen LogP contribution in [0.1, 0.15) is 0 Å². The molecule has 0 saturated heterocycles. The largest absolute Gasteiger partial charge is 0.491 e. The smallest absolute Gasteiger partial charge is 0.277 e. The normalized spacial score (nSPS) is 10.7.